The molecule has 0 atom stereocenters. The number of aliphatic imine (C=N–C) groups is 1. The van der Waals surface area contributed by atoms with Crippen LogP contribution in [0.5, 0.6) is 0 Å². The van der Waals surface area contributed by atoms with Gasteiger partial charge in [-0.05, 0) is 50.4 Å². The Morgan fingerprint density at radius 3 is 2.06 bits per heavy atom. The van der Waals surface area contributed by atoms with Gasteiger partial charge in [-0.1, -0.05) is 12.8 Å². The van der Waals surface area contributed by atoms with E-state index in [1.54, 1.807) is 0 Å². The molecule has 3 nitrogen and oxygen atoms in total. The molecule has 0 spiro atoms. The Morgan fingerprint density at radius 1 is 1.00 bits per heavy atom. The van der Waals surface area contributed by atoms with Gasteiger partial charge in [0.2, 0.25) is 0 Å². The molecule has 0 heterocycles. The summed E-state index contributed by atoms with van der Waals surface area (Å²) >= 11 is 0. The van der Waals surface area contributed by atoms with E-state index in [9.17, 15) is 0 Å². The first-order valence-electron chi connectivity index (χ1n) is 6.93. The first-order valence-corrected chi connectivity index (χ1v) is 6.93. The van der Waals surface area contributed by atoms with Crippen molar-refractivity contribution in [2.45, 2.75) is 63.5 Å². The number of guanidine groups is 1. The SMILES string of the molecule is NC(=NC1CCCC1)NC(C1CC1)C1CC1. The van der Waals surface area contributed by atoms with Gasteiger partial charge >= 0.3 is 0 Å². The average molecular weight is 221 g/mol. The monoisotopic (exact) mass is 221 g/mol. The lowest BCUT2D eigenvalue weighted by Crippen LogP contribution is -2.43. The van der Waals surface area contributed by atoms with Crippen LogP contribution in [-0.2, 0) is 0 Å². The number of hydrogen-bond donors (Lipinski definition) is 2. The minimum Gasteiger partial charge on any atom is -0.370 e. The van der Waals surface area contributed by atoms with Crippen LogP contribution in [0.4, 0.5) is 0 Å². The molecule has 3 aliphatic carbocycles. The highest BCUT2D eigenvalue weighted by molar-refractivity contribution is 5.78. The van der Waals surface area contributed by atoms with Gasteiger partial charge in [-0.15, -0.1) is 0 Å². The molecule has 3 N–H and O–H groups in total. The molecule has 0 aromatic carbocycles. The maximum Gasteiger partial charge on any atom is 0.189 e. The van der Waals surface area contributed by atoms with Crippen LogP contribution in [0.2, 0.25) is 0 Å². The van der Waals surface area contributed by atoms with E-state index in [1.165, 1.54) is 51.4 Å². The summed E-state index contributed by atoms with van der Waals surface area (Å²) < 4.78 is 0. The Labute approximate surface area is 97.9 Å². The summed E-state index contributed by atoms with van der Waals surface area (Å²) in [6.45, 7) is 0. The third kappa shape index (κ3) is 2.50. The van der Waals surface area contributed by atoms with Crippen molar-refractivity contribution in [3.8, 4) is 0 Å². The van der Waals surface area contributed by atoms with Gasteiger partial charge in [0.1, 0.15) is 0 Å². The summed E-state index contributed by atoms with van der Waals surface area (Å²) in [5, 5.41) is 3.50. The zero-order chi connectivity index (χ0) is 11.0. The number of nitrogens with two attached hydrogens (primary N) is 1. The molecule has 0 radical (unpaired) electrons. The molecule has 0 amide bonds. The summed E-state index contributed by atoms with van der Waals surface area (Å²) in [7, 11) is 0. The van der Waals surface area contributed by atoms with Crippen molar-refractivity contribution in [2.24, 2.45) is 22.6 Å². The predicted octanol–water partition coefficient (Wildman–Crippen LogP) is 2.02. The highest BCUT2D eigenvalue weighted by Crippen LogP contribution is 2.44. The number of hydrogen-bond acceptors (Lipinski definition) is 1. The van der Waals surface area contributed by atoms with Crippen LogP contribution in [0.1, 0.15) is 51.4 Å². The fourth-order valence-corrected chi connectivity index (χ4v) is 2.97. The molecule has 90 valence electrons. The molecule has 16 heavy (non-hydrogen) atoms. The highest BCUT2D eigenvalue weighted by atomic mass is 15.1. The molecule has 3 rings (SSSR count). The van der Waals surface area contributed by atoms with E-state index in [0.717, 1.165) is 17.8 Å². The first kappa shape index (κ1) is 10.4. The quantitative estimate of drug-likeness (QED) is 0.563. The van der Waals surface area contributed by atoms with Crippen LogP contribution in [-0.4, -0.2) is 18.0 Å². The zero-order valence-corrected chi connectivity index (χ0v) is 9.99. The molecular weight excluding hydrogens is 198 g/mol. The lowest BCUT2D eigenvalue weighted by atomic mass is 10.1. The van der Waals surface area contributed by atoms with E-state index in [2.05, 4.69) is 10.3 Å². The molecule has 0 bridgehead atoms. The van der Waals surface area contributed by atoms with E-state index in [-0.39, 0.29) is 0 Å². The highest BCUT2D eigenvalue weighted by Gasteiger charge is 2.41. The van der Waals surface area contributed by atoms with Crippen LogP contribution in [0.15, 0.2) is 4.99 Å². The molecule has 0 saturated heterocycles. The second-order valence-corrected chi connectivity index (χ2v) is 5.80. The lowest BCUT2D eigenvalue weighted by Gasteiger charge is -2.19. The second-order valence-electron chi connectivity index (χ2n) is 5.80. The van der Waals surface area contributed by atoms with Gasteiger partial charge in [0.25, 0.3) is 0 Å². The number of rotatable bonds is 4. The summed E-state index contributed by atoms with van der Waals surface area (Å²) in [5.41, 5.74) is 6.02. The van der Waals surface area contributed by atoms with Gasteiger partial charge in [-0.3, -0.25) is 4.99 Å². The molecule has 0 unspecified atom stereocenters. The third-order valence-electron chi connectivity index (χ3n) is 4.22. The topological polar surface area (TPSA) is 50.4 Å². The fraction of sp³-hybridized carbons (Fsp3) is 0.923. The van der Waals surface area contributed by atoms with Gasteiger partial charge in [0.15, 0.2) is 5.96 Å². The largest absolute Gasteiger partial charge is 0.370 e. The minimum atomic E-state index is 0.506. The van der Waals surface area contributed by atoms with Gasteiger partial charge in [-0.25, -0.2) is 0 Å². The molecule has 3 fully saturated rings. The van der Waals surface area contributed by atoms with Crippen molar-refractivity contribution < 1.29 is 0 Å². The van der Waals surface area contributed by atoms with Crippen molar-refractivity contribution in [2.75, 3.05) is 0 Å². The summed E-state index contributed by atoms with van der Waals surface area (Å²) in [5.74, 6) is 2.50. The summed E-state index contributed by atoms with van der Waals surface area (Å²) in [6, 6.07) is 1.15. The molecular formula is C13H23N3. The van der Waals surface area contributed by atoms with E-state index >= 15 is 0 Å². The maximum absolute atomic E-state index is 6.02. The fourth-order valence-electron chi connectivity index (χ4n) is 2.97. The Hall–Kier alpha value is -0.730. The van der Waals surface area contributed by atoms with Crippen molar-refractivity contribution in [1.82, 2.24) is 5.32 Å². The third-order valence-corrected chi connectivity index (χ3v) is 4.22. The molecule has 3 heteroatoms. The van der Waals surface area contributed by atoms with Crippen molar-refractivity contribution in [3.63, 3.8) is 0 Å². The van der Waals surface area contributed by atoms with Crippen LogP contribution < -0.4 is 11.1 Å². The summed E-state index contributed by atoms with van der Waals surface area (Å²) in [6.07, 6.45) is 10.7. The first-order chi connectivity index (χ1) is 7.83. The maximum atomic E-state index is 6.02. The normalized spacial score (nSPS) is 27.7. The van der Waals surface area contributed by atoms with Crippen LogP contribution in [0, 0.1) is 11.8 Å². The van der Waals surface area contributed by atoms with Gasteiger partial charge in [0, 0.05) is 6.04 Å². The van der Waals surface area contributed by atoms with Crippen molar-refractivity contribution >= 4 is 5.96 Å². The zero-order valence-electron chi connectivity index (χ0n) is 9.99. The smallest absolute Gasteiger partial charge is 0.189 e. The molecule has 0 aliphatic heterocycles. The Bertz CT molecular complexity index is 261. The molecule has 3 saturated carbocycles. The van der Waals surface area contributed by atoms with Gasteiger partial charge in [-0.2, -0.15) is 0 Å². The average Bonchev–Trinajstić information content (AvgIpc) is 3.17. The molecule has 0 aromatic heterocycles. The summed E-state index contributed by atoms with van der Waals surface area (Å²) in [4.78, 5) is 4.62. The van der Waals surface area contributed by atoms with Crippen molar-refractivity contribution in [3.05, 3.63) is 0 Å². The molecule has 3 aliphatic rings. The lowest BCUT2D eigenvalue weighted by molar-refractivity contribution is 0.478. The van der Waals surface area contributed by atoms with Crippen LogP contribution in [0.25, 0.3) is 0 Å². The number of nitrogens with one attached hydrogen (secondary N) is 1. The Balaban J connectivity index is 1.54. The van der Waals surface area contributed by atoms with E-state index in [1.807, 2.05) is 0 Å². The van der Waals surface area contributed by atoms with E-state index in [4.69, 9.17) is 5.73 Å². The Kier molecular flexibility index (Phi) is 2.78. The Morgan fingerprint density at radius 2 is 1.56 bits per heavy atom. The molecule has 0 aromatic rings. The number of nitrogens with zero attached hydrogens (tertiary/aromatic N) is 1. The van der Waals surface area contributed by atoms with Crippen molar-refractivity contribution in [1.29, 1.82) is 0 Å². The minimum absolute atomic E-state index is 0.506. The van der Waals surface area contributed by atoms with E-state index in [0.29, 0.717) is 12.1 Å². The van der Waals surface area contributed by atoms with E-state index < -0.39 is 0 Å². The van der Waals surface area contributed by atoms with Crippen LogP contribution >= 0.6 is 0 Å². The van der Waals surface area contributed by atoms with Gasteiger partial charge < -0.3 is 11.1 Å². The predicted molar refractivity (Wildman–Crippen MR) is 66.3 cm³/mol. The second kappa shape index (κ2) is 4.27. The van der Waals surface area contributed by atoms with Gasteiger partial charge in [0.05, 0.1) is 6.04 Å². The van der Waals surface area contributed by atoms with Crippen LogP contribution in [0.3, 0.4) is 0 Å². The standard InChI is InChI=1S/C13H23N3/c14-13(15-11-3-1-2-4-11)16-12(9-5-6-9)10-7-8-10/h9-12H,1-8H2,(H3,14,15,16).